The van der Waals surface area contributed by atoms with E-state index in [2.05, 4.69) is 26.1 Å². The molecule has 4 nitrogen and oxygen atoms in total. The summed E-state index contributed by atoms with van der Waals surface area (Å²) in [7, 11) is 0. The van der Waals surface area contributed by atoms with Crippen LogP contribution in [0.5, 0.6) is 0 Å². The highest BCUT2D eigenvalue weighted by molar-refractivity contribution is 5.79. The summed E-state index contributed by atoms with van der Waals surface area (Å²) in [5, 5.41) is 3.14. The third kappa shape index (κ3) is 3.23. The maximum Gasteiger partial charge on any atom is 0.224 e. The lowest BCUT2D eigenvalue weighted by Gasteiger charge is -2.27. The van der Waals surface area contributed by atoms with Gasteiger partial charge in [0.2, 0.25) is 5.91 Å². The average Bonchev–Trinajstić information content (AvgIpc) is 2.86. The zero-order valence-corrected chi connectivity index (χ0v) is 11.7. The highest BCUT2D eigenvalue weighted by Gasteiger charge is 2.42. The number of nitrogens with one attached hydrogen (secondary N) is 1. The Morgan fingerprint density at radius 1 is 1.44 bits per heavy atom. The van der Waals surface area contributed by atoms with Crippen molar-refractivity contribution in [3.8, 4) is 0 Å². The van der Waals surface area contributed by atoms with Gasteiger partial charge in [0.1, 0.15) is 0 Å². The molecular weight excluding hydrogens is 228 g/mol. The van der Waals surface area contributed by atoms with Crippen molar-refractivity contribution >= 4 is 5.91 Å². The Hall–Kier alpha value is -0.610. The summed E-state index contributed by atoms with van der Waals surface area (Å²) in [6.45, 7) is 6.85. The lowest BCUT2D eigenvalue weighted by atomic mass is 9.84. The van der Waals surface area contributed by atoms with E-state index < -0.39 is 0 Å². The molecule has 2 fully saturated rings. The van der Waals surface area contributed by atoms with Gasteiger partial charge in [0.15, 0.2) is 0 Å². The quantitative estimate of drug-likeness (QED) is 0.798. The molecule has 0 spiro atoms. The first kappa shape index (κ1) is 13.8. The molecule has 2 aliphatic rings. The van der Waals surface area contributed by atoms with Crippen LogP contribution in [-0.2, 0) is 9.53 Å². The number of fused-ring (bicyclic) bond motifs is 2. The topological polar surface area (TPSA) is 64.4 Å². The van der Waals surface area contributed by atoms with Crippen LogP contribution in [0.1, 0.15) is 46.5 Å². The second kappa shape index (κ2) is 5.17. The van der Waals surface area contributed by atoms with Crippen molar-refractivity contribution in [2.75, 3.05) is 6.54 Å². The molecule has 2 rings (SSSR count). The van der Waals surface area contributed by atoms with E-state index in [9.17, 15) is 4.79 Å². The number of ether oxygens (including phenoxy) is 1. The van der Waals surface area contributed by atoms with Gasteiger partial charge in [-0.1, -0.05) is 20.8 Å². The van der Waals surface area contributed by atoms with Crippen LogP contribution in [0.4, 0.5) is 0 Å². The molecule has 0 aliphatic carbocycles. The molecule has 1 amide bonds. The van der Waals surface area contributed by atoms with Crippen LogP contribution in [0.15, 0.2) is 0 Å². The van der Waals surface area contributed by atoms with Crippen molar-refractivity contribution in [3.63, 3.8) is 0 Å². The van der Waals surface area contributed by atoms with Crippen molar-refractivity contribution in [2.24, 2.45) is 17.1 Å². The van der Waals surface area contributed by atoms with E-state index in [0.717, 1.165) is 25.7 Å². The van der Waals surface area contributed by atoms with Gasteiger partial charge >= 0.3 is 0 Å². The Morgan fingerprint density at radius 2 is 2.17 bits per heavy atom. The minimum atomic E-state index is -0.0795. The minimum absolute atomic E-state index is 0.0795. The molecule has 0 aromatic carbocycles. The summed E-state index contributed by atoms with van der Waals surface area (Å²) in [5.74, 6) is 0.0256. The van der Waals surface area contributed by atoms with Gasteiger partial charge in [0.05, 0.1) is 24.2 Å². The predicted molar refractivity (Wildman–Crippen MR) is 71.1 cm³/mol. The zero-order valence-electron chi connectivity index (χ0n) is 11.7. The SMILES string of the molecule is CC(C)(C)CC(CN)C(=O)NC1CC2CCC1O2. The van der Waals surface area contributed by atoms with E-state index in [4.69, 9.17) is 10.5 Å². The van der Waals surface area contributed by atoms with Crippen LogP contribution in [0.3, 0.4) is 0 Å². The fourth-order valence-electron chi connectivity index (χ4n) is 3.11. The van der Waals surface area contributed by atoms with E-state index in [-0.39, 0.29) is 29.4 Å². The van der Waals surface area contributed by atoms with Crippen molar-refractivity contribution in [3.05, 3.63) is 0 Å². The zero-order chi connectivity index (χ0) is 13.3. The molecule has 2 bridgehead atoms. The molecule has 4 unspecified atom stereocenters. The predicted octanol–water partition coefficient (Wildman–Crippen LogP) is 1.43. The van der Waals surface area contributed by atoms with Crippen LogP contribution in [0.2, 0.25) is 0 Å². The molecule has 3 N–H and O–H groups in total. The van der Waals surface area contributed by atoms with Gasteiger partial charge in [-0.2, -0.15) is 0 Å². The van der Waals surface area contributed by atoms with Crippen molar-refractivity contribution in [1.82, 2.24) is 5.32 Å². The molecule has 2 saturated heterocycles. The Balaban J connectivity index is 1.86. The average molecular weight is 254 g/mol. The molecule has 0 aromatic rings. The fourth-order valence-corrected chi connectivity index (χ4v) is 3.11. The van der Waals surface area contributed by atoms with Crippen LogP contribution < -0.4 is 11.1 Å². The van der Waals surface area contributed by atoms with Gasteiger partial charge in [-0.05, 0) is 31.1 Å². The number of carbonyl (C=O) groups is 1. The highest BCUT2D eigenvalue weighted by Crippen LogP contribution is 2.34. The van der Waals surface area contributed by atoms with Gasteiger partial charge in [-0.3, -0.25) is 4.79 Å². The lowest BCUT2D eigenvalue weighted by Crippen LogP contribution is -2.46. The first-order valence-corrected chi connectivity index (χ1v) is 7.05. The number of hydrogen-bond acceptors (Lipinski definition) is 3. The van der Waals surface area contributed by atoms with Gasteiger partial charge in [0, 0.05) is 6.54 Å². The van der Waals surface area contributed by atoms with Crippen molar-refractivity contribution in [1.29, 1.82) is 0 Å². The summed E-state index contributed by atoms with van der Waals surface area (Å²) in [5.41, 5.74) is 5.87. The standard InChI is InChI=1S/C14H26N2O2/c1-14(2,3)7-9(8-15)13(17)16-11-6-10-4-5-12(11)18-10/h9-12H,4-8,15H2,1-3H3,(H,16,17). The molecule has 104 valence electrons. The number of nitrogens with two attached hydrogens (primary N) is 1. The summed E-state index contributed by atoms with van der Waals surface area (Å²) < 4.78 is 5.75. The molecule has 18 heavy (non-hydrogen) atoms. The molecule has 0 saturated carbocycles. The Bertz CT molecular complexity index is 311. The van der Waals surface area contributed by atoms with E-state index in [1.165, 1.54) is 0 Å². The Labute approximate surface area is 110 Å². The Kier molecular flexibility index (Phi) is 3.97. The third-order valence-corrected chi connectivity index (χ3v) is 3.95. The maximum atomic E-state index is 12.2. The summed E-state index contributed by atoms with van der Waals surface area (Å²) in [6, 6.07) is 0.213. The number of hydrogen-bond donors (Lipinski definition) is 2. The number of amides is 1. The first-order valence-electron chi connectivity index (χ1n) is 7.05. The van der Waals surface area contributed by atoms with Gasteiger partial charge < -0.3 is 15.8 Å². The van der Waals surface area contributed by atoms with Crippen LogP contribution in [-0.4, -0.2) is 30.7 Å². The van der Waals surface area contributed by atoms with E-state index in [1.54, 1.807) is 0 Å². The molecule has 0 aromatic heterocycles. The monoisotopic (exact) mass is 254 g/mol. The molecule has 4 heteroatoms. The fraction of sp³-hybridized carbons (Fsp3) is 0.929. The summed E-state index contributed by atoms with van der Waals surface area (Å²) >= 11 is 0. The first-order chi connectivity index (χ1) is 8.39. The van der Waals surface area contributed by atoms with Crippen molar-refractivity contribution < 1.29 is 9.53 Å². The number of carbonyl (C=O) groups excluding carboxylic acids is 1. The summed E-state index contributed by atoms with van der Waals surface area (Å²) in [4.78, 5) is 12.2. The summed E-state index contributed by atoms with van der Waals surface area (Å²) in [6.07, 6.45) is 4.66. The van der Waals surface area contributed by atoms with E-state index in [0.29, 0.717) is 12.6 Å². The van der Waals surface area contributed by atoms with Crippen molar-refractivity contribution in [2.45, 2.75) is 64.7 Å². The van der Waals surface area contributed by atoms with E-state index in [1.807, 2.05) is 0 Å². The van der Waals surface area contributed by atoms with E-state index >= 15 is 0 Å². The maximum absolute atomic E-state index is 12.2. The smallest absolute Gasteiger partial charge is 0.224 e. The minimum Gasteiger partial charge on any atom is -0.373 e. The third-order valence-electron chi connectivity index (χ3n) is 3.95. The van der Waals surface area contributed by atoms with Crippen LogP contribution >= 0.6 is 0 Å². The molecule has 2 aliphatic heterocycles. The van der Waals surface area contributed by atoms with Gasteiger partial charge in [-0.25, -0.2) is 0 Å². The molecule has 0 radical (unpaired) electrons. The molecule has 2 heterocycles. The highest BCUT2D eigenvalue weighted by atomic mass is 16.5. The molecule has 4 atom stereocenters. The van der Waals surface area contributed by atoms with Gasteiger partial charge in [-0.15, -0.1) is 0 Å². The molecular formula is C14H26N2O2. The second-order valence-corrected chi connectivity index (χ2v) is 6.92. The lowest BCUT2D eigenvalue weighted by molar-refractivity contribution is -0.126. The van der Waals surface area contributed by atoms with Crippen LogP contribution in [0.25, 0.3) is 0 Å². The second-order valence-electron chi connectivity index (χ2n) is 6.92. The largest absolute Gasteiger partial charge is 0.373 e. The van der Waals surface area contributed by atoms with Gasteiger partial charge in [0.25, 0.3) is 0 Å². The Morgan fingerprint density at radius 3 is 2.61 bits per heavy atom. The normalized spacial score (nSPS) is 32.6. The van der Waals surface area contributed by atoms with Crippen LogP contribution in [0, 0.1) is 11.3 Å². The number of rotatable bonds is 4.